The topological polar surface area (TPSA) is 46.5 Å². The van der Waals surface area contributed by atoms with Crippen LogP contribution in [-0.4, -0.2) is 24.3 Å². The quantitative estimate of drug-likeness (QED) is 0.697. The van der Waals surface area contributed by atoms with Crippen molar-refractivity contribution in [2.24, 2.45) is 16.7 Å². The number of rotatable bonds is 1. The lowest BCUT2D eigenvalue weighted by Gasteiger charge is -2.52. The van der Waals surface area contributed by atoms with Gasteiger partial charge in [0.1, 0.15) is 0 Å². The Balaban J connectivity index is 2.21. The maximum Gasteiger partial charge on any atom is 0.305 e. The van der Waals surface area contributed by atoms with Crippen LogP contribution in [0, 0.1) is 16.7 Å². The smallest absolute Gasteiger partial charge is 0.305 e. The molecular weight excluding hydrogens is 204 g/mol. The second kappa shape index (κ2) is 4.02. The maximum atomic E-state index is 11.2. The van der Waals surface area contributed by atoms with Crippen LogP contribution in [0.5, 0.6) is 0 Å². The molecule has 1 saturated heterocycles. The summed E-state index contributed by atoms with van der Waals surface area (Å²) in [6, 6.07) is 0. The first-order valence-electron chi connectivity index (χ1n) is 6.27. The first-order valence-corrected chi connectivity index (χ1v) is 6.27. The number of hydrogen-bond donors (Lipinski definition) is 1. The van der Waals surface area contributed by atoms with E-state index in [1.807, 2.05) is 0 Å². The summed E-state index contributed by atoms with van der Waals surface area (Å²) in [7, 11) is 0. The van der Waals surface area contributed by atoms with Crippen LogP contribution >= 0.6 is 0 Å². The molecular formula is C13H22O3. The van der Waals surface area contributed by atoms with Gasteiger partial charge in [-0.2, -0.15) is 0 Å². The van der Waals surface area contributed by atoms with Crippen molar-refractivity contribution >= 4 is 5.97 Å². The van der Waals surface area contributed by atoms with Gasteiger partial charge in [0.2, 0.25) is 0 Å². The zero-order chi connectivity index (χ0) is 11.8. The fourth-order valence-electron chi connectivity index (χ4n) is 3.71. The number of carbonyl (C=O) groups is 1. The van der Waals surface area contributed by atoms with Gasteiger partial charge in [0.05, 0.1) is 6.61 Å². The third-order valence-corrected chi connectivity index (χ3v) is 4.71. The van der Waals surface area contributed by atoms with Crippen molar-refractivity contribution in [2.45, 2.75) is 46.0 Å². The summed E-state index contributed by atoms with van der Waals surface area (Å²) in [6.45, 7) is 5.18. The summed E-state index contributed by atoms with van der Waals surface area (Å²) in [4.78, 5) is 11.2. The Hall–Kier alpha value is -0.570. The summed E-state index contributed by atoms with van der Waals surface area (Å²) in [5.74, 6) is 0.188. The minimum Gasteiger partial charge on any atom is -0.465 e. The van der Waals surface area contributed by atoms with Gasteiger partial charge in [-0.05, 0) is 30.6 Å². The highest BCUT2D eigenvalue weighted by Gasteiger charge is 2.50. The lowest BCUT2D eigenvalue weighted by atomic mass is 9.54. The monoisotopic (exact) mass is 226 g/mol. The van der Waals surface area contributed by atoms with E-state index in [4.69, 9.17) is 4.74 Å². The molecule has 3 heteroatoms. The Bertz CT molecular complexity index is 273. The van der Waals surface area contributed by atoms with E-state index in [1.54, 1.807) is 0 Å². The van der Waals surface area contributed by atoms with Gasteiger partial charge in [0, 0.05) is 18.4 Å². The number of aliphatic hydroxyl groups is 1. The first-order chi connectivity index (χ1) is 7.50. The van der Waals surface area contributed by atoms with Crippen molar-refractivity contribution in [1.82, 2.24) is 0 Å². The highest BCUT2D eigenvalue weighted by Crippen LogP contribution is 2.54. The van der Waals surface area contributed by atoms with Crippen molar-refractivity contribution in [3.63, 3.8) is 0 Å². The SMILES string of the molecule is CC1(C)CCC[C@]2(CCC(=O)OC2)[C@H]1CO. The van der Waals surface area contributed by atoms with Crippen LogP contribution in [0.1, 0.15) is 46.0 Å². The van der Waals surface area contributed by atoms with Crippen molar-refractivity contribution in [3.05, 3.63) is 0 Å². The molecule has 16 heavy (non-hydrogen) atoms. The van der Waals surface area contributed by atoms with Crippen LogP contribution in [0.2, 0.25) is 0 Å². The number of ether oxygens (including phenoxy) is 1. The zero-order valence-electron chi connectivity index (χ0n) is 10.3. The highest BCUT2D eigenvalue weighted by atomic mass is 16.5. The molecule has 92 valence electrons. The Morgan fingerprint density at radius 1 is 1.38 bits per heavy atom. The number of hydrogen-bond acceptors (Lipinski definition) is 3. The molecule has 0 unspecified atom stereocenters. The number of carbonyl (C=O) groups excluding carboxylic acids is 1. The van der Waals surface area contributed by atoms with Gasteiger partial charge in [0.25, 0.3) is 0 Å². The van der Waals surface area contributed by atoms with E-state index in [2.05, 4.69) is 13.8 Å². The third-order valence-electron chi connectivity index (χ3n) is 4.71. The largest absolute Gasteiger partial charge is 0.465 e. The van der Waals surface area contributed by atoms with E-state index in [-0.39, 0.29) is 29.3 Å². The second-order valence-corrected chi connectivity index (χ2v) is 6.10. The number of cyclic esters (lactones) is 1. The van der Waals surface area contributed by atoms with Gasteiger partial charge < -0.3 is 9.84 Å². The molecule has 0 bridgehead atoms. The van der Waals surface area contributed by atoms with Crippen molar-refractivity contribution in [2.75, 3.05) is 13.2 Å². The molecule has 1 spiro atoms. The highest BCUT2D eigenvalue weighted by molar-refractivity contribution is 5.70. The van der Waals surface area contributed by atoms with Gasteiger partial charge in [0.15, 0.2) is 0 Å². The van der Waals surface area contributed by atoms with Gasteiger partial charge in [-0.25, -0.2) is 0 Å². The molecule has 0 radical (unpaired) electrons. The predicted octanol–water partition coefficient (Wildman–Crippen LogP) is 2.13. The van der Waals surface area contributed by atoms with Gasteiger partial charge in [-0.15, -0.1) is 0 Å². The Morgan fingerprint density at radius 2 is 2.12 bits per heavy atom. The molecule has 0 aromatic heterocycles. The van der Waals surface area contributed by atoms with Crippen LogP contribution < -0.4 is 0 Å². The van der Waals surface area contributed by atoms with Crippen molar-refractivity contribution < 1.29 is 14.6 Å². The summed E-state index contributed by atoms with van der Waals surface area (Å²) in [5, 5.41) is 9.67. The number of aliphatic hydroxyl groups excluding tert-OH is 1. The van der Waals surface area contributed by atoms with Gasteiger partial charge >= 0.3 is 5.97 Å². The molecule has 1 aliphatic heterocycles. The lowest BCUT2D eigenvalue weighted by molar-refractivity contribution is -0.168. The molecule has 1 N–H and O–H groups in total. The van der Waals surface area contributed by atoms with Gasteiger partial charge in [-0.1, -0.05) is 20.3 Å². The molecule has 2 aliphatic rings. The molecule has 2 fully saturated rings. The molecule has 2 rings (SSSR count). The number of esters is 1. The van der Waals surface area contributed by atoms with Crippen LogP contribution in [-0.2, 0) is 9.53 Å². The molecule has 0 amide bonds. The molecule has 1 heterocycles. The van der Waals surface area contributed by atoms with E-state index < -0.39 is 0 Å². The second-order valence-electron chi connectivity index (χ2n) is 6.10. The fraction of sp³-hybridized carbons (Fsp3) is 0.923. The van der Waals surface area contributed by atoms with Crippen molar-refractivity contribution in [3.8, 4) is 0 Å². The summed E-state index contributed by atoms with van der Waals surface area (Å²) in [6.07, 6.45) is 4.84. The standard InChI is InChI=1S/C13H22O3/c1-12(2)5-3-6-13(10(12)8-14)7-4-11(15)16-9-13/h10,14H,3-9H2,1-2H3/t10-,13+/m0/s1. The van der Waals surface area contributed by atoms with E-state index in [0.29, 0.717) is 13.0 Å². The van der Waals surface area contributed by atoms with Crippen LogP contribution in [0.15, 0.2) is 0 Å². The molecule has 3 nitrogen and oxygen atoms in total. The summed E-state index contributed by atoms with van der Waals surface area (Å²) < 4.78 is 5.25. The molecule has 2 atom stereocenters. The third kappa shape index (κ3) is 1.86. The van der Waals surface area contributed by atoms with Crippen molar-refractivity contribution in [1.29, 1.82) is 0 Å². The lowest BCUT2D eigenvalue weighted by Crippen LogP contribution is -2.50. The summed E-state index contributed by atoms with van der Waals surface area (Å²) >= 11 is 0. The minimum absolute atomic E-state index is 0.0460. The molecule has 1 aliphatic carbocycles. The van der Waals surface area contributed by atoms with E-state index in [9.17, 15) is 9.90 Å². The van der Waals surface area contributed by atoms with Crippen LogP contribution in [0.3, 0.4) is 0 Å². The zero-order valence-corrected chi connectivity index (χ0v) is 10.3. The van der Waals surface area contributed by atoms with E-state index >= 15 is 0 Å². The fourth-order valence-corrected chi connectivity index (χ4v) is 3.71. The van der Waals surface area contributed by atoms with E-state index in [0.717, 1.165) is 19.3 Å². The van der Waals surface area contributed by atoms with E-state index in [1.165, 1.54) is 6.42 Å². The average molecular weight is 226 g/mol. The molecule has 0 aromatic carbocycles. The minimum atomic E-state index is -0.0781. The Labute approximate surface area is 97.2 Å². The summed E-state index contributed by atoms with van der Waals surface area (Å²) in [5.41, 5.74) is 0.209. The predicted molar refractivity (Wildman–Crippen MR) is 60.8 cm³/mol. The van der Waals surface area contributed by atoms with Gasteiger partial charge in [-0.3, -0.25) is 4.79 Å². The normalized spacial score (nSPS) is 38.4. The van der Waals surface area contributed by atoms with Crippen LogP contribution in [0.4, 0.5) is 0 Å². The van der Waals surface area contributed by atoms with Crippen LogP contribution in [0.25, 0.3) is 0 Å². The first kappa shape index (κ1) is 11.9. The Kier molecular flexibility index (Phi) is 2.99. The molecule has 0 aromatic rings. The average Bonchev–Trinajstić information content (AvgIpc) is 2.22. The maximum absolute atomic E-state index is 11.2. The molecule has 1 saturated carbocycles. The Morgan fingerprint density at radius 3 is 2.69 bits per heavy atom.